The highest BCUT2D eigenvalue weighted by atomic mass is 79.9. The summed E-state index contributed by atoms with van der Waals surface area (Å²) in [5, 5.41) is 0. The van der Waals surface area contributed by atoms with Crippen LogP contribution >= 0.6 is 15.9 Å². The molecule has 0 aliphatic carbocycles. The molecule has 0 amide bonds. The SMILES string of the molecule is Cc1cccc(C(Br)Cc2ccc(F)cc2)c1C. The van der Waals surface area contributed by atoms with Crippen LogP contribution in [0.5, 0.6) is 0 Å². The van der Waals surface area contributed by atoms with Crippen LogP contribution in [0.15, 0.2) is 42.5 Å². The summed E-state index contributed by atoms with van der Waals surface area (Å²) >= 11 is 3.73. The number of hydrogen-bond donors (Lipinski definition) is 0. The van der Waals surface area contributed by atoms with E-state index in [9.17, 15) is 4.39 Å². The second-order valence-corrected chi connectivity index (χ2v) is 5.69. The van der Waals surface area contributed by atoms with Crippen molar-refractivity contribution in [3.05, 3.63) is 70.5 Å². The zero-order valence-corrected chi connectivity index (χ0v) is 12.2. The summed E-state index contributed by atoms with van der Waals surface area (Å²) in [5.41, 5.74) is 5.07. The van der Waals surface area contributed by atoms with E-state index < -0.39 is 0 Å². The number of aryl methyl sites for hydroxylation is 1. The Balaban J connectivity index is 2.19. The van der Waals surface area contributed by atoms with Crippen LogP contribution in [0.1, 0.15) is 27.1 Å². The smallest absolute Gasteiger partial charge is 0.123 e. The molecule has 0 heterocycles. The summed E-state index contributed by atoms with van der Waals surface area (Å²) in [5.74, 6) is -0.184. The van der Waals surface area contributed by atoms with Gasteiger partial charge in [0.25, 0.3) is 0 Å². The van der Waals surface area contributed by atoms with Crippen LogP contribution in [0, 0.1) is 19.7 Å². The molecule has 2 aromatic rings. The Kier molecular flexibility index (Phi) is 4.18. The quantitative estimate of drug-likeness (QED) is 0.690. The largest absolute Gasteiger partial charge is 0.207 e. The van der Waals surface area contributed by atoms with E-state index in [-0.39, 0.29) is 10.6 Å². The first kappa shape index (κ1) is 13.3. The summed E-state index contributed by atoms with van der Waals surface area (Å²) in [7, 11) is 0. The number of alkyl halides is 1. The number of hydrogen-bond acceptors (Lipinski definition) is 0. The Morgan fingerprint density at radius 1 is 1.06 bits per heavy atom. The third-order valence-electron chi connectivity index (χ3n) is 3.31. The van der Waals surface area contributed by atoms with E-state index in [1.165, 1.54) is 28.8 Å². The van der Waals surface area contributed by atoms with E-state index in [0.717, 1.165) is 12.0 Å². The van der Waals surface area contributed by atoms with Crippen molar-refractivity contribution in [2.45, 2.75) is 25.1 Å². The summed E-state index contributed by atoms with van der Waals surface area (Å²) in [6, 6.07) is 13.1. The van der Waals surface area contributed by atoms with E-state index in [2.05, 4.69) is 48.0 Å². The van der Waals surface area contributed by atoms with Crippen molar-refractivity contribution in [2.75, 3.05) is 0 Å². The Labute approximate surface area is 116 Å². The first-order valence-corrected chi connectivity index (χ1v) is 6.94. The Hall–Kier alpha value is -1.15. The Morgan fingerprint density at radius 2 is 1.72 bits per heavy atom. The van der Waals surface area contributed by atoms with Gasteiger partial charge in [0.05, 0.1) is 0 Å². The standard InChI is InChI=1S/C16H16BrF/c1-11-4-3-5-15(12(11)2)16(17)10-13-6-8-14(18)9-7-13/h3-9,16H,10H2,1-2H3. The molecule has 2 aromatic carbocycles. The van der Waals surface area contributed by atoms with E-state index in [1.807, 2.05) is 12.1 Å². The second-order valence-electron chi connectivity index (χ2n) is 4.59. The summed E-state index contributed by atoms with van der Waals surface area (Å²) in [6.45, 7) is 4.26. The molecule has 0 fully saturated rings. The van der Waals surface area contributed by atoms with Crippen LogP contribution in [0.4, 0.5) is 4.39 Å². The molecule has 0 aliphatic rings. The van der Waals surface area contributed by atoms with Gasteiger partial charge in [0.2, 0.25) is 0 Å². The molecule has 0 aliphatic heterocycles. The lowest BCUT2D eigenvalue weighted by molar-refractivity contribution is 0.627. The minimum absolute atomic E-state index is 0.184. The normalized spacial score (nSPS) is 12.4. The van der Waals surface area contributed by atoms with Crippen LogP contribution in [0.2, 0.25) is 0 Å². The molecule has 94 valence electrons. The molecular weight excluding hydrogens is 291 g/mol. The third kappa shape index (κ3) is 2.99. The van der Waals surface area contributed by atoms with Gasteiger partial charge in [-0.05, 0) is 54.7 Å². The van der Waals surface area contributed by atoms with Gasteiger partial charge in [0.1, 0.15) is 5.82 Å². The predicted octanol–water partition coefficient (Wildman–Crippen LogP) is 5.12. The first-order chi connectivity index (χ1) is 8.58. The van der Waals surface area contributed by atoms with Crippen molar-refractivity contribution in [2.24, 2.45) is 0 Å². The summed E-state index contributed by atoms with van der Waals surface area (Å²) < 4.78 is 12.9. The lowest BCUT2D eigenvalue weighted by atomic mass is 9.97. The van der Waals surface area contributed by atoms with Gasteiger partial charge in [0, 0.05) is 4.83 Å². The maximum atomic E-state index is 12.9. The molecule has 0 N–H and O–H groups in total. The van der Waals surface area contributed by atoms with Crippen molar-refractivity contribution in [1.82, 2.24) is 0 Å². The van der Waals surface area contributed by atoms with Crippen molar-refractivity contribution >= 4 is 15.9 Å². The molecule has 1 unspecified atom stereocenters. The molecule has 1 atom stereocenters. The van der Waals surface area contributed by atoms with Gasteiger partial charge in [-0.15, -0.1) is 0 Å². The Bertz CT molecular complexity index is 531. The molecule has 0 bridgehead atoms. The maximum Gasteiger partial charge on any atom is 0.123 e. The van der Waals surface area contributed by atoms with Crippen LogP contribution < -0.4 is 0 Å². The van der Waals surface area contributed by atoms with Gasteiger partial charge >= 0.3 is 0 Å². The van der Waals surface area contributed by atoms with Gasteiger partial charge in [-0.2, -0.15) is 0 Å². The minimum atomic E-state index is -0.184. The fourth-order valence-corrected chi connectivity index (χ4v) is 2.92. The third-order valence-corrected chi connectivity index (χ3v) is 4.13. The molecule has 2 rings (SSSR count). The van der Waals surface area contributed by atoms with E-state index in [4.69, 9.17) is 0 Å². The van der Waals surface area contributed by atoms with Crippen molar-refractivity contribution < 1.29 is 4.39 Å². The molecule has 2 heteroatoms. The predicted molar refractivity (Wildman–Crippen MR) is 77.7 cm³/mol. The average molecular weight is 307 g/mol. The molecule has 18 heavy (non-hydrogen) atoms. The van der Waals surface area contributed by atoms with Crippen LogP contribution in [-0.4, -0.2) is 0 Å². The van der Waals surface area contributed by atoms with Gasteiger partial charge < -0.3 is 0 Å². The highest BCUT2D eigenvalue weighted by Gasteiger charge is 2.12. The van der Waals surface area contributed by atoms with Crippen LogP contribution in [-0.2, 0) is 6.42 Å². The van der Waals surface area contributed by atoms with Crippen molar-refractivity contribution in [3.63, 3.8) is 0 Å². The zero-order valence-electron chi connectivity index (χ0n) is 10.6. The first-order valence-electron chi connectivity index (χ1n) is 6.02. The molecule has 0 aromatic heterocycles. The fraction of sp³-hybridized carbons (Fsp3) is 0.250. The van der Waals surface area contributed by atoms with Gasteiger partial charge in [0.15, 0.2) is 0 Å². The minimum Gasteiger partial charge on any atom is -0.207 e. The molecule has 0 saturated carbocycles. The van der Waals surface area contributed by atoms with Gasteiger partial charge in [-0.25, -0.2) is 4.39 Å². The van der Waals surface area contributed by atoms with Crippen LogP contribution in [0.25, 0.3) is 0 Å². The average Bonchev–Trinajstić information content (AvgIpc) is 2.35. The van der Waals surface area contributed by atoms with E-state index in [1.54, 1.807) is 0 Å². The highest BCUT2D eigenvalue weighted by Crippen LogP contribution is 2.30. The number of rotatable bonds is 3. The lowest BCUT2D eigenvalue weighted by Crippen LogP contribution is -1.99. The van der Waals surface area contributed by atoms with Crippen molar-refractivity contribution in [3.8, 4) is 0 Å². The molecular formula is C16H16BrF. The van der Waals surface area contributed by atoms with Crippen molar-refractivity contribution in [1.29, 1.82) is 0 Å². The maximum absolute atomic E-state index is 12.9. The highest BCUT2D eigenvalue weighted by molar-refractivity contribution is 9.09. The summed E-state index contributed by atoms with van der Waals surface area (Å²) in [6.07, 6.45) is 0.866. The van der Waals surface area contributed by atoms with E-state index >= 15 is 0 Å². The monoisotopic (exact) mass is 306 g/mol. The Morgan fingerprint density at radius 3 is 2.39 bits per heavy atom. The zero-order chi connectivity index (χ0) is 13.1. The van der Waals surface area contributed by atoms with E-state index in [0.29, 0.717) is 0 Å². The lowest BCUT2D eigenvalue weighted by Gasteiger charge is -2.15. The fourth-order valence-electron chi connectivity index (χ4n) is 2.05. The molecule has 0 nitrogen and oxygen atoms in total. The van der Waals surface area contributed by atoms with Gasteiger partial charge in [-0.1, -0.05) is 46.3 Å². The summed E-state index contributed by atoms with van der Waals surface area (Å²) in [4.78, 5) is 0.267. The molecule has 0 spiro atoms. The molecule has 0 radical (unpaired) electrons. The second kappa shape index (κ2) is 5.66. The van der Waals surface area contributed by atoms with Gasteiger partial charge in [-0.3, -0.25) is 0 Å². The number of benzene rings is 2. The topological polar surface area (TPSA) is 0 Å². The number of halogens is 2. The molecule has 0 saturated heterocycles. The van der Waals surface area contributed by atoms with Crippen LogP contribution in [0.3, 0.4) is 0 Å².